The molecule has 6 nitrogen and oxygen atoms in total. The van der Waals surface area contributed by atoms with E-state index in [-0.39, 0.29) is 37.5 Å². The molecule has 0 saturated heterocycles. The van der Waals surface area contributed by atoms with Crippen LogP contribution in [0.15, 0.2) is 97.2 Å². The van der Waals surface area contributed by atoms with Crippen LogP contribution in [0.4, 0.5) is 0 Å². The monoisotopic (exact) mass is 973 g/mol. The zero-order valence-electron chi connectivity index (χ0n) is 45.8. The molecule has 0 radical (unpaired) electrons. The molecule has 6 heteroatoms. The van der Waals surface area contributed by atoms with Gasteiger partial charge >= 0.3 is 17.9 Å². The van der Waals surface area contributed by atoms with Crippen molar-refractivity contribution >= 4 is 17.9 Å². The lowest BCUT2D eigenvalue weighted by molar-refractivity contribution is -0.167. The highest BCUT2D eigenvalue weighted by Crippen LogP contribution is 2.14. The Kier molecular flexibility index (Phi) is 54.9. The third kappa shape index (κ3) is 55.3. The smallest absolute Gasteiger partial charge is 0.306 e. The molecule has 0 aromatic carbocycles. The van der Waals surface area contributed by atoms with Crippen LogP contribution >= 0.6 is 0 Å². The Morgan fingerprint density at radius 2 is 0.571 bits per heavy atom. The first-order chi connectivity index (χ1) is 34.5. The van der Waals surface area contributed by atoms with Gasteiger partial charge in [-0.25, -0.2) is 0 Å². The summed E-state index contributed by atoms with van der Waals surface area (Å²) in [7, 11) is 0. The summed E-state index contributed by atoms with van der Waals surface area (Å²) in [6.07, 6.45) is 76.9. The van der Waals surface area contributed by atoms with E-state index in [1.807, 2.05) is 0 Å². The average Bonchev–Trinajstić information content (AvgIpc) is 3.36. The fourth-order valence-electron chi connectivity index (χ4n) is 7.91. The van der Waals surface area contributed by atoms with Crippen molar-refractivity contribution in [3.8, 4) is 0 Å². The number of ether oxygens (including phenoxy) is 3. The fraction of sp³-hybridized carbons (Fsp3) is 0.703. The summed E-state index contributed by atoms with van der Waals surface area (Å²) in [5, 5.41) is 0. The quantitative estimate of drug-likeness (QED) is 0.0262. The molecule has 1 unspecified atom stereocenters. The third-order valence-corrected chi connectivity index (χ3v) is 12.3. The number of rotatable bonds is 52. The van der Waals surface area contributed by atoms with Gasteiger partial charge in [-0.3, -0.25) is 14.4 Å². The van der Waals surface area contributed by atoms with Crippen LogP contribution < -0.4 is 0 Å². The third-order valence-electron chi connectivity index (χ3n) is 12.3. The van der Waals surface area contributed by atoms with E-state index in [1.165, 1.54) is 128 Å². The van der Waals surface area contributed by atoms with Gasteiger partial charge in [0.15, 0.2) is 6.10 Å². The van der Waals surface area contributed by atoms with Crippen LogP contribution in [0, 0.1) is 0 Å². The van der Waals surface area contributed by atoms with E-state index in [9.17, 15) is 14.4 Å². The van der Waals surface area contributed by atoms with Crippen molar-refractivity contribution in [1.29, 1.82) is 0 Å². The Morgan fingerprint density at radius 3 is 0.957 bits per heavy atom. The van der Waals surface area contributed by atoms with Gasteiger partial charge < -0.3 is 14.2 Å². The van der Waals surface area contributed by atoms with Crippen molar-refractivity contribution in [3.05, 3.63) is 97.2 Å². The number of hydrogen-bond donors (Lipinski definition) is 0. The number of unbranched alkanes of at least 4 members (excludes halogenated alkanes) is 25. The molecule has 0 bridgehead atoms. The van der Waals surface area contributed by atoms with Crippen molar-refractivity contribution < 1.29 is 28.6 Å². The van der Waals surface area contributed by atoms with Crippen LogP contribution in [-0.2, 0) is 28.6 Å². The maximum absolute atomic E-state index is 12.8. The molecule has 0 rings (SSSR count). The summed E-state index contributed by atoms with van der Waals surface area (Å²) in [4.78, 5) is 38.2. The van der Waals surface area contributed by atoms with E-state index in [2.05, 4.69) is 118 Å². The van der Waals surface area contributed by atoms with Crippen molar-refractivity contribution in [2.24, 2.45) is 0 Å². The van der Waals surface area contributed by atoms with Crippen molar-refractivity contribution in [2.45, 2.75) is 277 Å². The molecular formula is C64H108O6. The number of carbonyl (C=O) groups excluding carboxylic acids is 3. The first-order valence-electron chi connectivity index (χ1n) is 29.2. The number of allylic oxidation sites excluding steroid dienone is 16. The van der Waals surface area contributed by atoms with Gasteiger partial charge in [0.1, 0.15) is 13.2 Å². The van der Waals surface area contributed by atoms with Crippen LogP contribution in [0.1, 0.15) is 271 Å². The summed E-state index contributed by atoms with van der Waals surface area (Å²) in [6.45, 7) is 6.45. The van der Waals surface area contributed by atoms with E-state index >= 15 is 0 Å². The molecule has 0 aromatic heterocycles. The summed E-state index contributed by atoms with van der Waals surface area (Å²) < 4.78 is 16.8. The Hall–Kier alpha value is -3.67. The highest BCUT2D eigenvalue weighted by atomic mass is 16.6. The lowest BCUT2D eigenvalue weighted by Gasteiger charge is -2.18. The molecule has 0 aromatic rings. The molecule has 0 spiro atoms. The zero-order chi connectivity index (χ0) is 50.7. The van der Waals surface area contributed by atoms with Gasteiger partial charge in [-0.1, -0.05) is 234 Å². The second-order valence-electron chi connectivity index (χ2n) is 19.2. The topological polar surface area (TPSA) is 78.9 Å². The number of carbonyl (C=O) groups is 3. The molecule has 0 heterocycles. The summed E-state index contributed by atoms with van der Waals surface area (Å²) in [5.74, 6) is -0.976. The summed E-state index contributed by atoms with van der Waals surface area (Å²) in [5.41, 5.74) is 0. The van der Waals surface area contributed by atoms with Crippen LogP contribution in [0.3, 0.4) is 0 Å². The molecule has 0 amide bonds. The lowest BCUT2D eigenvalue weighted by atomic mass is 10.1. The van der Waals surface area contributed by atoms with Gasteiger partial charge in [0, 0.05) is 19.3 Å². The molecular weight excluding hydrogens is 865 g/mol. The summed E-state index contributed by atoms with van der Waals surface area (Å²) in [6, 6.07) is 0. The van der Waals surface area contributed by atoms with Crippen LogP contribution in [0.25, 0.3) is 0 Å². The maximum atomic E-state index is 12.8. The van der Waals surface area contributed by atoms with E-state index in [0.29, 0.717) is 19.3 Å². The predicted molar refractivity (Wildman–Crippen MR) is 302 cm³/mol. The minimum atomic E-state index is -0.815. The highest BCUT2D eigenvalue weighted by molar-refractivity contribution is 5.71. The largest absolute Gasteiger partial charge is 0.462 e. The van der Waals surface area contributed by atoms with Gasteiger partial charge in [-0.2, -0.15) is 0 Å². The van der Waals surface area contributed by atoms with Crippen molar-refractivity contribution in [2.75, 3.05) is 13.2 Å². The van der Waals surface area contributed by atoms with E-state index in [0.717, 1.165) is 96.3 Å². The summed E-state index contributed by atoms with van der Waals surface area (Å²) >= 11 is 0. The zero-order valence-corrected chi connectivity index (χ0v) is 45.8. The van der Waals surface area contributed by atoms with Gasteiger partial charge in [-0.15, -0.1) is 0 Å². The molecule has 0 aliphatic heterocycles. The van der Waals surface area contributed by atoms with E-state index in [4.69, 9.17) is 14.2 Å². The Labute approximate surface area is 432 Å². The molecule has 1 atom stereocenters. The minimum Gasteiger partial charge on any atom is -0.462 e. The minimum absolute atomic E-state index is 0.106. The molecule has 70 heavy (non-hydrogen) atoms. The van der Waals surface area contributed by atoms with Gasteiger partial charge in [0.25, 0.3) is 0 Å². The second kappa shape index (κ2) is 57.9. The van der Waals surface area contributed by atoms with Crippen molar-refractivity contribution in [1.82, 2.24) is 0 Å². The molecule has 0 fully saturated rings. The van der Waals surface area contributed by atoms with E-state index < -0.39 is 6.10 Å². The van der Waals surface area contributed by atoms with Gasteiger partial charge in [0.2, 0.25) is 0 Å². The Bertz CT molecular complexity index is 1400. The SMILES string of the molecule is CC/C=C\C/C=C\C/C=C\CCCCCCCCC(=O)OCC(COC(=O)CCCCCCCCC/C=C\CCCCCCCCCC)OC(=O)CCC/C=C\C/C=C\C/C=C\C/C=C\CCCCC. The molecule has 0 aliphatic carbocycles. The standard InChI is InChI=1S/C64H108O6/c1-4-7-10-13-16-19-22-25-28-31-32-34-36-39-42-45-48-51-54-57-63(66)69-60-61(59-68-62(65)56-53-50-47-44-41-38-35-30-27-24-21-18-15-12-9-6-3)70-64(67)58-55-52-49-46-43-40-37-33-29-26-23-20-17-14-11-8-5-2/h9,12,17-18,20-21,26-27,29-32,37,40,46,49,61H,4-8,10-11,13-16,19,22-25,28,33-36,38-39,41-45,47-48,50-60H2,1-3H3/b12-9-,20-17-,21-18-,29-26-,30-27-,32-31-,40-37-,49-46-. The number of esters is 3. The second-order valence-corrected chi connectivity index (χ2v) is 19.2. The first kappa shape index (κ1) is 66.3. The van der Waals surface area contributed by atoms with E-state index in [1.54, 1.807) is 0 Å². The molecule has 0 N–H and O–H groups in total. The van der Waals surface area contributed by atoms with Crippen LogP contribution in [0.5, 0.6) is 0 Å². The van der Waals surface area contributed by atoms with Crippen LogP contribution in [-0.4, -0.2) is 37.2 Å². The maximum Gasteiger partial charge on any atom is 0.306 e. The van der Waals surface area contributed by atoms with Crippen LogP contribution in [0.2, 0.25) is 0 Å². The molecule has 400 valence electrons. The van der Waals surface area contributed by atoms with Gasteiger partial charge in [-0.05, 0) is 116 Å². The van der Waals surface area contributed by atoms with Gasteiger partial charge in [0.05, 0.1) is 0 Å². The lowest BCUT2D eigenvalue weighted by Crippen LogP contribution is -2.30. The Morgan fingerprint density at radius 1 is 0.300 bits per heavy atom. The Balaban J connectivity index is 4.48. The van der Waals surface area contributed by atoms with Crippen molar-refractivity contribution in [3.63, 3.8) is 0 Å². The highest BCUT2D eigenvalue weighted by Gasteiger charge is 2.19. The molecule has 0 aliphatic rings. The predicted octanol–water partition coefficient (Wildman–Crippen LogP) is 19.7. The number of hydrogen-bond acceptors (Lipinski definition) is 6. The fourth-order valence-corrected chi connectivity index (χ4v) is 7.91. The normalized spacial score (nSPS) is 12.8. The molecule has 0 saturated carbocycles. The first-order valence-corrected chi connectivity index (χ1v) is 29.2. The average molecular weight is 974 g/mol.